The monoisotopic (exact) mass is 438 g/mol. The smallest absolute Gasteiger partial charge is 0.233 e. The second-order valence-corrected chi connectivity index (χ2v) is 9.53. The second-order valence-electron chi connectivity index (χ2n) is 8.58. The Hall–Kier alpha value is -2.80. The van der Waals surface area contributed by atoms with Crippen molar-refractivity contribution in [2.24, 2.45) is 0 Å². The van der Waals surface area contributed by atoms with Crippen molar-refractivity contribution in [1.82, 2.24) is 19.7 Å². The summed E-state index contributed by atoms with van der Waals surface area (Å²) in [7, 11) is 1.78. The fourth-order valence-electron chi connectivity index (χ4n) is 3.15. The van der Waals surface area contributed by atoms with Crippen LogP contribution in [-0.2, 0) is 23.3 Å². The molecule has 0 fully saturated rings. The number of furan rings is 1. The van der Waals surface area contributed by atoms with Crippen molar-refractivity contribution < 1.29 is 9.21 Å². The zero-order valence-corrected chi connectivity index (χ0v) is 19.7. The van der Waals surface area contributed by atoms with Gasteiger partial charge in [0.25, 0.3) is 0 Å². The van der Waals surface area contributed by atoms with Gasteiger partial charge in [-0.1, -0.05) is 62.9 Å². The lowest BCUT2D eigenvalue weighted by Gasteiger charge is -2.19. The molecule has 0 radical (unpaired) electrons. The normalized spacial score (nSPS) is 11.5. The number of carbonyl (C=O) groups is 1. The minimum absolute atomic E-state index is 0.00304. The summed E-state index contributed by atoms with van der Waals surface area (Å²) in [6.07, 6.45) is 1.81. The maximum atomic E-state index is 12.6. The van der Waals surface area contributed by atoms with Crippen molar-refractivity contribution in [3.63, 3.8) is 0 Å². The first-order valence-corrected chi connectivity index (χ1v) is 11.2. The number of aromatic nitrogens is 3. The van der Waals surface area contributed by atoms with Gasteiger partial charge in [0, 0.05) is 19.2 Å². The minimum atomic E-state index is 0.00304. The summed E-state index contributed by atoms with van der Waals surface area (Å²) in [5, 5.41) is 9.43. The van der Waals surface area contributed by atoms with Crippen LogP contribution in [0.3, 0.4) is 0 Å². The van der Waals surface area contributed by atoms with E-state index in [2.05, 4.69) is 61.8 Å². The number of aryl methyl sites for hydroxylation is 1. The molecule has 0 aliphatic rings. The molecule has 1 aromatic carbocycles. The standard InChI is InChI=1S/C24H30N4O2S/c1-7-14-28-22(18-9-11-19(12-10-18)24(3,4)5)25-26-23(28)31-16-21(29)27(6)15-20-13-8-17(2)30-20/h7-13H,1,14-16H2,2-6H3. The second kappa shape index (κ2) is 9.56. The SMILES string of the molecule is C=CCn1c(SCC(=O)N(C)Cc2ccc(C)o2)nnc1-c1ccc(C(C)(C)C)cc1. The molecule has 3 aromatic rings. The summed E-state index contributed by atoms with van der Waals surface area (Å²) in [5.41, 5.74) is 2.35. The molecule has 1 amide bonds. The van der Waals surface area contributed by atoms with Gasteiger partial charge in [-0.05, 0) is 30.0 Å². The Morgan fingerprint density at radius 2 is 1.90 bits per heavy atom. The molecule has 0 N–H and O–H groups in total. The molecule has 7 heteroatoms. The highest BCUT2D eigenvalue weighted by Gasteiger charge is 2.18. The molecule has 0 atom stereocenters. The van der Waals surface area contributed by atoms with Gasteiger partial charge in [-0.25, -0.2) is 0 Å². The quantitative estimate of drug-likeness (QED) is 0.362. The van der Waals surface area contributed by atoms with E-state index in [0.29, 0.717) is 18.2 Å². The van der Waals surface area contributed by atoms with E-state index in [4.69, 9.17) is 4.42 Å². The first-order valence-electron chi connectivity index (χ1n) is 10.3. The average Bonchev–Trinajstić information content (AvgIpc) is 3.31. The van der Waals surface area contributed by atoms with Crippen LogP contribution in [-0.4, -0.2) is 38.4 Å². The van der Waals surface area contributed by atoms with Gasteiger partial charge in [0.1, 0.15) is 11.5 Å². The van der Waals surface area contributed by atoms with E-state index in [1.807, 2.05) is 29.7 Å². The first-order chi connectivity index (χ1) is 14.7. The average molecular weight is 439 g/mol. The Morgan fingerprint density at radius 1 is 1.19 bits per heavy atom. The molecule has 0 spiro atoms. The number of allylic oxidation sites excluding steroid dienone is 1. The topological polar surface area (TPSA) is 64.2 Å². The fraction of sp³-hybridized carbons (Fsp3) is 0.375. The molecule has 0 saturated carbocycles. The van der Waals surface area contributed by atoms with Gasteiger partial charge in [0.2, 0.25) is 5.91 Å². The predicted octanol–water partition coefficient (Wildman–Crippen LogP) is 5.08. The van der Waals surface area contributed by atoms with E-state index in [1.54, 1.807) is 11.9 Å². The molecular formula is C24H30N4O2S. The summed E-state index contributed by atoms with van der Waals surface area (Å²) in [5.74, 6) is 2.66. The molecule has 2 heterocycles. The fourth-order valence-corrected chi connectivity index (χ4v) is 4.04. The molecule has 0 saturated heterocycles. The Morgan fingerprint density at radius 3 is 2.48 bits per heavy atom. The lowest BCUT2D eigenvalue weighted by molar-refractivity contribution is -0.127. The Labute approximate surface area is 188 Å². The highest BCUT2D eigenvalue weighted by atomic mass is 32.2. The zero-order chi connectivity index (χ0) is 22.6. The van der Waals surface area contributed by atoms with E-state index in [-0.39, 0.29) is 17.1 Å². The molecule has 0 unspecified atom stereocenters. The van der Waals surface area contributed by atoms with Gasteiger partial charge in [0.05, 0.1) is 12.3 Å². The molecule has 0 aliphatic carbocycles. The molecule has 0 aliphatic heterocycles. The van der Waals surface area contributed by atoms with Crippen LogP contribution in [0.5, 0.6) is 0 Å². The van der Waals surface area contributed by atoms with Gasteiger partial charge >= 0.3 is 0 Å². The zero-order valence-electron chi connectivity index (χ0n) is 18.9. The van der Waals surface area contributed by atoms with Crippen LogP contribution in [0.2, 0.25) is 0 Å². The lowest BCUT2D eigenvalue weighted by Crippen LogP contribution is -2.27. The summed E-state index contributed by atoms with van der Waals surface area (Å²) in [6, 6.07) is 12.2. The first kappa shape index (κ1) is 22.9. The molecular weight excluding hydrogens is 408 g/mol. The molecule has 164 valence electrons. The molecule has 6 nitrogen and oxygen atoms in total. The van der Waals surface area contributed by atoms with Crippen LogP contribution in [0.4, 0.5) is 0 Å². The maximum Gasteiger partial charge on any atom is 0.233 e. The number of carbonyl (C=O) groups excluding carboxylic acids is 1. The highest BCUT2D eigenvalue weighted by Crippen LogP contribution is 2.28. The largest absolute Gasteiger partial charge is 0.464 e. The van der Waals surface area contributed by atoms with Crippen molar-refractivity contribution in [3.05, 3.63) is 66.1 Å². The summed E-state index contributed by atoms with van der Waals surface area (Å²) >= 11 is 1.38. The number of hydrogen-bond donors (Lipinski definition) is 0. The molecule has 31 heavy (non-hydrogen) atoms. The third-order valence-corrected chi connectivity index (χ3v) is 5.93. The third-order valence-electron chi connectivity index (χ3n) is 4.98. The number of amides is 1. The van der Waals surface area contributed by atoms with E-state index in [0.717, 1.165) is 22.9 Å². The van der Waals surface area contributed by atoms with Crippen LogP contribution in [0.1, 0.15) is 37.9 Å². The number of nitrogens with zero attached hydrogens (tertiary/aromatic N) is 4. The number of thioether (sulfide) groups is 1. The summed E-state index contributed by atoms with van der Waals surface area (Å²) in [6.45, 7) is 13.3. The predicted molar refractivity (Wildman–Crippen MR) is 125 cm³/mol. The van der Waals surface area contributed by atoms with Gasteiger partial charge < -0.3 is 9.32 Å². The van der Waals surface area contributed by atoms with Crippen molar-refractivity contribution in [2.75, 3.05) is 12.8 Å². The summed E-state index contributed by atoms with van der Waals surface area (Å²) < 4.78 is 7.55. The molecule has 3 rings (SSSR count). The number of rotatable bonds is 8. The Balaban J connectivity index is 1.71. The van der Waals surface area contributed by atoms with Crippen LogP contribution in [0, 0.1) is 6.92 Å². The highest BCUT2D eigenvalue weighted by molar-refractivity contribution is 7.99. The van der Waals surface area contributed by atoms with Crippen molar-refractivity contribution >= 4 is 17.7 Å². The van der Waals surface area contributed by atoms with Crippen molar-refractivity contribution in [2.45, 2.75) is 51.4 Å². The minimum Gasteiger partial charge on any atom is -0.464 e. The van der Waals surface area contributed by atoms with E-state index < -0.39 is 0 Å². The third kappa shape index (κ3) is 5.67. The van der Waals surface area contributed by atoms with Crippen molar-refractivity contribution in [1.29, 1.82) is 0 Å². The van der Waals surface area contributed by atoms with Crippen molar-refractivity contribution in [3.8, 4) is 11.4 Å². The Kier molecular flexibility index (Phi) is 7.05. The van der Waals surface area contributed by atoms with Gasteiger partial charge in [-0.2, -0.15) is 0 Å². The van der Waals surface area contributed by atoms with Gasteiger partial charge in [-0.15, -0.1) is 16.8 Å². The summed E-state index contributed by atoms with van der Waals surface area (Å²) in [4.78, 5) is 14.2. The van der Waals surface area contributed by atoms with Gasteiger partial charge in [-0.3, -0.25) is 9.36 Å². The number of benzene rings is 1. The van der Waals surface area contributed by atoms with Crippen LogP contribution < -0.4 is 0 Å². The van der Waals surface area contributed by atoms with Crippen LogP contribution >= 0.6 is 11.8 Å². The Bertz CT molecular complexity index is 1040. The molecule has 0 bridgehead atoms. The number of hydrogen-bond acceptors (Lipinski definition) is 5. The van der Waals surface area contributed by atoms with Gasteiger partial charge in [0.15, 0.2) is 11.0 Å². The maximum absolute atomic E-state index is 12.6. The van der Waals surface area contributed by atoms with Crippen LogP contribution in [0.15, 0.2) is 58.6 Å². The molecule has 2 aromatic heterocycles. The van der Waals surface area contributed by atoms with E-state index in [1.165, 1.54) is 17.3 Å². The van der Waals surface area contributed by atoms with E-state index >= 15 is 0 Å². The lowest BCUT2D eigenvalue weighted by atomic mass is 9.87. The van der Waals surface area contributed by atoms with Crippen LogP contribution in [0.25, 0.3) is 11.4 Å². The van der Waals surface area contributed by atoms with E-state index in [9.17, 15) is 4.79 Å².